The SMILES string of the molecule is CCNCCc1ccc(S(=O)(=O)N2CCC=C(C)C2)cc1. The lowest BCUT2D eigenvalue weighted by Crippen LogP contribution is -2.35. The Morgan fingerprint density at radius 2 is 1.95 bits per heavy atom. The average molecular weight is 308 g/mol. The number of nitrogens with zero attached hydrogens (tertiary/aromatic N) is 1. The van der Waals surface area contributed by atoms with Crippen molar-refractivity contribution in [2.45, 2.75) is 31.6 Å². The summed E-state index contributed by atoms with van der Waals surface area (Å²) in [4.78, 5) is 0.393. The van der Waals surface area contributed by atoms with Gasteiger partial charge in [-0.05, 0) is 50.6 Å². The van der Waals surface area contributed by atoms with E-state index in [1.54, 1.807) is 16.4 Å². The minimum absolute atomic E-state index is 0.393. The first-order chi connectivity index (χ1) is 10.0. The summed E-state index contributed by atoms with van der Waals surface area (Å²) in [5.74, 6) is 0. The Hall–Kier alpha value is -1.17. The molecule has 0 atom stereocenters. The van der Waals surface area contributed by atoms with Gasteiger partial charge in [0.15, 0.2) is 0 Å². The third-order valence-corrected chi connectivity index (χ3v) is 5.56. The summed E-state index contributed by atoms with van der Waals surface area (Å²) in [5, 5.41) is 3.27. The second kappa shape index (κ2) is 7.20. The van der Waals surface area contributed by atoms with Gasteiger partial charge in [-0.3, -0.25) is 0 Å². The first-order valence-corrected chi connectivity index (χ1v) is 8.93. The number of sulfonamides is 1. The highest BCUT2D eigenvalue weighted by Crippen LogP contribution is 2.20. The molecule has 0 amide bonds. The molecule has 1 aliphatic rings. The van der Waals surface area contributed by atoms with Gasteiger partial charge in [0, 0.05) is 13.1 Å². The number of likely N-dealkylation sites (N-methyl/N-ethyl adjacent to an activating group) is 1. The van der Waals surface area contributed by atoms with Crippen LogP contribution in [0.5, 0.6) is 0 Å². The van der Waals surface area contributed by atoms with Gasteiger partial charge in [0.25, 0.3) is 0 Å². The van der Waals surface area contributed by atoms with Gasteiger partial charge in [0.1, 0.15) is 0 Å². The molecular formula is C16H24N2O2S. The van der Waals surface area contributed by atoms with Crippen molar-refractivity contribution in [3.05, 3.63) is 41.5 Å². The molecule has 1 N–H and O–H groups in total. The summed E-state index contributed by atoms with van der Waals surface area (Å²) in [7, 11) is -3.36. The second-order valence-corrected chi connectivity index (χ2v) is 7.36. The summed E-state index contributed by atoms with van der Waals surface area (Å²) in [6.07, 6.45) is 3.82. The van der Waals surface area contributed by atoms with Crippen molar-refractivity contribution in [2.75, 3.05) is 26.2 Å². The van der Waals surface area contributed by atoms with Crippen LogP contribution in [-0.2, 0) is 16.4 Å². The smallest absolute Gasteiger partial charge is 0.243 e. The molecule has 0 aliphatic carbocycles. The molecular weight excluding hydrogens is 284 g/mol. The Morgan fingerprint density at radius 1 is 1.24 bits per heavy atom. The summed E-state index contributed by atoms with van der Waals surface area (Å²) in [6, 6.07) is 7.28. The molecule has 0 saturated heterocycles. The van der Waals surface area contributed by atoms with E-state index in [9.17, 15) is 8.42 Å². The van der Waals surface area contributed by atoms with E-state index in [2.05, 4.69) is 18.3 Å². The summed E-state index contributed by atoms with van der Waals surface area (Å²) in [5.41, 5.74) is 2.27. The molecule has 1 heterocycles. The highest BCUT2D eigenvalue weighted by atomic mass is 32.2. The Kier molecular flexibility index (Phi) is 5.56. The monoisotopic (exact) mass is 308 g/mol. The van der Waals surface area contributed by atoms with Gasteiger partial charge in [-0.2, -0.15) is 4.31 Å². The minimum Gasteiger partial charge on any atom is -0.317 e. The highest BCUT2D eigenvalue weighted by Gasteiger charge is 2.25. The maximum absolute atomic E-state index is 12.6. The molecule has 0 spiro atoms. The van der Waals surface area contributed by atoms with Crippen LogP contribution in [0.2, 0.25) is 0 Å². The van der Waals surface area contributed by atoms with Gasteiger partial charge in [0.05, 0.1) is 4.90 Å². The van der Waals surface area contributed by atoms with Gasteiger partial charge in [-0.15, -0.1) is 0 Å². The number of rotatable bonds is 6. The second-order valence-electron chi connectivity index (χ2n) is 5.43. The molecule has 1 aromatic rings. The van der Waals surface area contributed by atoms with Crippen LogP contribution >= 0.6 is 0 Å². The quantitative estimate of drug-likeness (QED) is 0.647. The Balaban J connectivity index is 2.08. The zero-order chi connectivity index (χ0) is 15.3. The fraction of sp³-hybridized carbons (Fsp3) is 0.500. The van der Waals surface area contributed by atoms with Crippen LogP contribution in [0.4, 0.5) is 0 Å². The lowest BCUT2D eigenvalue weighted by Gasteiger charge is -2.25. The Morgan fingerprint density at radius 3 is 2.57 bits per heavy atom. The van der Waals surface area contributed by atoms with Crippen LogP contribution in [0.1, 0.15) is 25.8 Å². The fourth-order valence-electron chi connectivity index (χ4n) is 2.47. The molecule has 2 rings (SSSR count). The van der Waals surface area contributed by atoms with Crippen molar-refractivity contribution in [2.24, 2.45) is 0 Å². The van der Waals surface area contributed by atoms with Gasteiger partial charge in [-0.25, -0.2) is 8.42 Å². The molecule has 21 heavy (non-hydrogen) atoms. The molecule has 0 aromatic heterocycles. The van der Waals surface area contributed by atoms with E-state index in [4.69, 9.17) is 0 Å². The van der Waals surface area contributed by atoms with Crippen LogP contribution in [0.3, 0.4) is 0 Å². The molecule has 0 radical (unpaired) electrons. The van der Waals surface area contributed by atoms with E-state index in [0.29, 0.717) is 18.0 Å². The largest absolute Gasteiger partial charge is 0.317 e. The topological polar surface area (TPSA) is 49.4 Å². The van der Waals surface area contributed by atoms with E-state index in [-0.39, 0.29) is 0 Å². The summed E-state index contributed by atoms with van der Waals surface area (Å²) < 4.78 is 26.7. The third kappa shape index (κ3) is 4.15. The summed E-state index contributed by atoms with van der Waals surface area (Å²) >= 11 is 0. The molecule has 4 nitrogen and oxygen atoms in total. The number of benzene rings is 1. The fourth-order valence-corrected chi connectivity index (χ4v) is 3.97. The highest BCUT2D eigenvalue weighted by molar-refractivity contribution is 7.89. The number of hydrogen-bond donors (Lipinski definition) is 1. The lowest BCUT2D eigenvalue weighted by atomic mass is 10.1. The van der Waals surface area contributed by atoms with Gasteiger partial charge < -0.3 is 5.32 Å². The van der Waals surface area contributed by atoms with E-state index >= 15 is 0 Å². The molecule has 1 aliphatic heterocycles. The first-order valence-electron chi connectivity index (χ1n) is 7.49. The van der Waals surface area contributed by atoms with E-state index < -0.39 is 10.0 Å². The van der Waals surface area contributed by atoms with Crippen LogP contribution in [0.15, 0.2) is 40.8 Å². The van der Waals surface area contributed by atoms with Crippen molar-refractivity contribution in [3.8, 4) is 0 Å². The zero-order valence-electron chi connectivity index (χ0n) is 12.8. The van der Waals surface area contributed by atoms with E-state index in [1.807, 2.05) is 19.1 Å². The van der Waals surface area contributed by atoms with Crippen molar-refractivity contribution in [3.63, 3.8) is 0 Å². The minimum atomic E-state index is -3.36. The van der Waals surface area contributed by atoms with Crippen molar-refractivity contribution < 1.29 is 8.42 Å². The molecule has 5 heteroatoms. The van der Waals surface area contributed by atoms with Crippen LogP contribution in [0, 0.1) is 0 Å². The molecule has 116 valence electrons. The average Bonchev–Trinajstić information content (AvgIpc) is 2.48. The maximum Gasteiger partial charge on any atom is 0.243 e. The van der Waals surface area contributed by atoms with Crippen molar-refractivity contribution in [1.82, 2.24) is 9.62 Å². The molecule has 0 bridgehead atoms. The Bertz CT molecular complexity index is 591. The van der Waals surface area contributed by atoms with E-state index in [0.717, 1.165) is 37.1 Å². The lowest BCUT2D eigenvalue weighted by molar-refractivity contribution is 0.428. The van der Waals surface area contributed by atoms with Crippen LogP contribution in [0.25, 0.3) is 0 Å². The third-order valence-electron chi connectivity index (χ3n) is 3.70. The van der Waals surface area contributed by atoms with Crippen LogP contribution in [-0.4, -0.2) is 38.9 Å². The first kappa shape index (κ1) is 16.2. The molecule has 0 saturated carbocycles. The zero-order valence-corrected chi connectivity index (χ0v) is 13.6. The van der Waals surface area contributed by atoms with Gasteiger partial charge >= 0.3 is 0 Å². The number of hydrogen-bond acceptors (Lipinski definition) is 3. The van der Waals surface area contributed by atoms with Crippen molar-refractivity contribution >= 4 is 10.0 Å². The van der Waals surface area contributed by atoms with Crippen LogP contribution < -0.4 is 5.32 Å². The normalized spacial score (nSPS) is 16.8. The standard InChI is InChI=1S/C16H24N2O2S/c1-3-17-11-10-15-6-8-16(9-7-15)21(19,20)18-12-4-5-14(2)13-18/h5-9,17H,3-4,10-13H2,1-2H3. The molecule has 0 unspecified atom stereocenters. The van der Waals surface area contributed by atoms with Crippen molar-refractivity contribution in [1.29, 1.82) is 0 Å². The van der Waals surface area contributed by atoms with Gasteiger partial charge in [0.2, 0.25) is 10.0 Å². The van der Waals surface area contributed by atoms with Gasteiger partial charge in [-0.1, -0.05) is 30.7 Å². The molecule has 0 fully saturated rings. The predicted octanol–water partition coefficient (Wildman–Crippen LogP) is 2.18. The number of nitrogens with one attached hydrogen (secondary N) is 1. The Labute approximate surface area is 127 Å². The molecule has 1 aromatic carbocycles. The summed E-state index contributed by atoms with van der Waals surface area (Å²) in [6.45, 7) is 7.00. The maximum atomic E-state index is 12.6. The van der Waals surface area contributed by atoms with E-state index in [1.165, 1.54) is 0 Å². The predicted molar refractivity (Wildman–Crippen MR) is 85.8 cm³/mol.